The Kier molecular flexibility index (Phi) is 4.61. The van der Waals surface area contributed by atoms with Crippen molar-refractivity contribution in [3.8, 4) is 22.5 Å². The van der Waals surface area contributed by atoms with Gasteiger partial charge in [0, 0.05) is 32.7 Å². The minimum absolute atomic E-state index is 0.870. The highest BCUT2D eigenvalue weighted by molar-refractivity contribution is 6.20. The zero-order valence-electron chi connectivity index (χ0n) is 22.2. The number of aromatic nitrogens is 2. The van der Waals surface area contributed by atoms with Gasteiger partial charge in [0.1, 0.15) is 5.58 Å². The van der Waals surface area contributed by atoms with Crippen LogP contribution in [0.2, 0.25) is 0 Å². The lowest BCUT2D eigenvalue weighted by Gasteiger charge is -2.17. The van der Waals surface area contributed by atoms with Crippen molar-refractivity contribution in [1.29, 1.82) is 0 Å². The van der Waals surface area contributed by atoms with Crippen molar-refractivity contribution in [3.05, 3.63) is 146 Å². The fourth-order valence-corrected chi connectivity index (χ4v) is 6.65. The Morgan fingerprint density at radius 3 is 1.44 bits per heavy atom. The Morgan fingerprint density at radius 2 is 0.805 bits per heavy atom. The molecular weight excluding hydrogens is 500 g/mol. The van der Waals surface area contributed by atoms with Crippen molar-refractivity contribution in [1.82, 2.24) is 9.13 Å². The molecule has 3 heterocycles. The van der Waals surface area contributed by atoms with E-state index in [1.54, 1.807) is 0 Å². The van der Waals surface area contributed by atoms with Gasteiger partial charge in [-0.05, 0) is 36.4 Å². The van der Waals surface area contributed by atoms with E-state index in [2.05, 4.69) is 149 Å². The van der Waals surface area contributed by atoms with Crippen molar-refractivity contribution in [3.63, 3.8) is 0 Å². The molecule has 0 radical (unpaired) electrons. The summed E-state index contributed by atoms with van der Waals surface area (Å²) >= 11 is 0. The average molecular weight is 525 g/mol. The summed E-state index contributed by atoms with van der Waals surface area (Å²) in [7, 11) is 0. The zero-order chi connectivity index (χ0) is 26.9. The first kappa shape index (κ1) is 22.3. The van der Waals surface area contributed by atoms with E-state index < -0.39 is 0 Å². The van der Waals surface area contributed by atoms with Crippen molar-refractivity contribution in [2.45, 2.75) is 0 Å². The van der Waals surface area contributed by atoms with Crippen molar-refractivity contribution < 1.29 is 4.42 Å². The lowest BCUT2D eigenvalue weighted by Crippen LogP contribution is -2.01. The van der Waals surface area contributed by atoms with Gasteiger partial charge in [0.25, 0.3) is 0 Å². The van der Waals surface area contributed by atoms with E-state index >= 15 is 0 Å². The normalized spacial score (nSPS) is 11.9. The quantitative estimate of drug-likeness (QED) is 0.225. The molecule has 0 unspecified atom stereocenters. The molecule has 0 spiro atoms. The number of nitrogens with zero attached hydrogens (tertiary/aromatic N) is 2. The third-order valence-corrected chi connectivity index (χ3v) is 8.35. The smallest absolute Gasteiger partial charge is 0.213 e. The minimum atomic E-state index is 0.870. The maximum Gasteiger partial charge on any atom is 0.213 e. The van der Waals surface area contributed by atoms with E-state index in [0.717, 1.165) is 50.1 Å². The van der Waals surface area contributed by atoms with E-state index in [1.165, 1.54) is 27.2 Å². The summed E-state index contributed by atoms with van der Waals surface area (Å²) in [6, 6.07) is 51.7. The molecule has 0 saturated carbocycles. The highest BCUT2D eigenvalue weighted by Gasteiger charge is 2.22. The van der Waals surface area contributed by atoms with Crippen LogP contribution in [0.3, 0.4) is 0 Å². The molecule has 6 aromatic carbocycles. The minimum Gasteiger partial charge on any atom is -0.439 e. The first-order valence-corrected chi connectivity index (χ1v) is 14.0. The SMILES string of the molecule is c1ccc(-n2c3ccccc3c3ccccc32)c(-c2ccccc2-n2c3ccccc3c3c4ccccc4oc32)c1. The average Bonchev–Trinajstić information content (AvgIpc) is 3.68. The van der Waals surface area contributed by atoms with Crippen molar-refractivity contribution in [2.24, 2.45) is 0 Å². The van der Waals surface area contributed by atoms with Gasteiger partial charge in [0.2, 0.25) is 5.71 Å². The molecule has 0 aliphatic carbocycles. The monoisotopic (exact) mass is 524 g/mol. The molecule has 3 nitrogen and oxygen atoms in total. The molecule has 192 valence electrons. The summed E-state index contributed by atoms with van der Waals surface area (Å²) in [6.45, 7) is 0. The largest absolute Gasteiger partial charge is 0.439 e. The second kappa shape index (κ2) is 8.48. The fourth-order valence-electron chi connectivity index (χ4n) is 6.65. The van der Waals surface area contributed by atoms with Crippen LogP contribution in [0, 0.1) is 0 Å². The van der Waals surface area contributed by atoms with Crippen LogP contribution in [-0.4, -0.2) is 9.13 Å². The van der Waals surface area contributed by atoms with Gasteiger partial charge in [-0.15, -0.1) is 0 Å². The van der Waals surface area contributed by atoms with Crippen LogP contribution < -0.4 is 0 Å². The lowest BCUT2D eigenvalue weighted by atomic mass is 10.0. The molecule has 0 fully saturated rings. The van der Waals surface area contributed by atoms with Crippen LogP contribution in [0.4, 0.5) is 0 Å². The molecule has 41 heavy (non-hydrogen) atoms. The number of para-hydroxylation sites is 6. The molecule has 3 heteroatoms. The third kappa shape index (κ3) is 3.09. The fraction of sp³-hybridized carbons (Fsp3) is 0. The third-order valence-electron chi connectivity index (χ3n) is 8.35. The van der Waals surface area contributed by atoms with Crippen molar-refractivity contribution in [2.75, 3.05) is 0 Å². The number of benzene rings is 6. The first-order chi connectivity index (χ1) is 20.4. The van der Waals surface area contributed by atoms with Gasteiger partial charge in [-0.1, -0.05) is 109 Å². The van der Waals surface area contributed by atoms with Crippen LogP contribution >= 0.6 is 0 Å². The van der Waals surface area contributed by atoms with E-state index in [4.69, 9.17) is 4.42 Å². The molecular formula is C38H24N2O. The predicted molar refractivity (Wildman–Crippen MR) is 170 cm³/mol. The van der Waals surface area contributed by atoms with Crippen LogP contribution in [0.1, 0.15) is 0 Å². The Balaban J connectivity index is 1.38. The van der Waals surface area contributed by atoms with Gasteiger partial charge in [0.05, 0.1) is 33.3 Å². The van der Waals surface area contributed by atoms with Crippen molar-refractivity contribution >= 4 is 54.8 Å². The summed E-state index contributed by atoms with van der Waals surface area (Å²) < 4.78 is 11.3. The van der Waals surface area contributed by atoms with Gasteiger partial charge in [-0.25, -0.2) is 0 Å². The van der Waals surface area contributed by atoms with Gasteiger partial charge < -0.3 is 8.98 Å². The number of fused-ring (bicyclic) bond motifs is 8. The van der Waals surface area contributed by atoms with Crippen LogP contribution in [0.15, 0.2) is 150 Å². The Bertz CT molecular complexity index is 2380. The van der Waals surface area contributed by atoms with Gasteiger partial charge >= 0.3 is 0 Å². The summed E-state index contributed by atoms with van der Waals surface area (Å²) in [5, 5.41) is 6.00. The second-order valence-corrected chi connectivity index (χ2v) is 10.5. The van der Waals surface area contributed by atoms with E-state index in [0.29, 0.717) is 0 Å². The highest BCUT2D eigenvalue weighted by atomic mass is 16.3. The molecule has 3 aromatic heterocycles. The van der Waals surface area contributed by atoms with E-state index in [9.17, 15) is 0 Å². The van der Waals surface area contributed by atoms with Gasteiger partial charge in [-0.2, -0.15) is 0 Å². The molecule has 0 bridgehead atoms. The molecule has 0 amide bonds. The Morgan fingerprint density at radius 1 is 0.366 bits per heavy atom. The predicted octanol–water partition coefficient (Wildman–Crippen LogP) is 10.3. The van der Waals surface area contributed by atoms with E-state index in [1.807, 2.05) is 6.07 Å². The number of hydrogen-bond donors (Lipinski definition) is 0. The summed E-state index contributed by atoms with van der Waals surface area (Å²) in [5.41, 5.74) is 9.85. The van der Waals surface area contributed by atoms with Crippen LogP contribution in [-0.2, 0) is 0 Å². The summed E-state index contributed by atoms with van der Waals surface area (Å²) in [4.78, 5) is 0. The summed E-state index contributed by atoms with van der Waals surface area (Å²) in [5.74, 6) is 0. The first-order valence-electron chi connectivity index (χ1n) is 14.0. The molecule has 0 saturated heterocycles. The van der Waals surface area contributed by atoms with Gasteiger partial charge in [0.15, 0.2) is 0 Å². The molecule has 0 atom stereocenters. The maximum absolute atomic E-state index is 6.59. The molecule has 9 aromatic rings. The highest BCUT2D eigenvalue weighted by Crippen LogP contribution is 2.42. The Hall–Kier alpha value is -5.54. The zero-order valence-corrected chi connectivity index (χ0v) is 22.2. The second-order valence-electron chi connectivity index (χ2n) is 10.5. The molecule has 0 aliphatic heterocycles. The number of rotatable bonds is 3. The number of furan rings is 1. The molecule has 0 aliphatic rings. The van der Waals surface area contributed by atoms with Crippen LogP contribution in [0.5, 0.6) is 0 Å². The van der Waals surface area contributed by atoms with Gasteiger partial charge in [-0.3, -0.25) is 4.57 Å². The lowest BCUT2D eigenvalue weighted by molar-refractivity contribution is 0.645. The maximum atomic E-state index is 6.59. The standard InChI is InChI=1S/C38H24N2O/c1-7-19-31-25(13-1)26-14-2-8-20-32(26)39(31)33-21-9-3-15-27(33)28-16-4-10-22-34(28)40-35-23-11-5-17-29(35)37-30-18-6-12-24-36(30)41-38(37)40/h1-24H. The van der Waals surface area contributed by atoms with E-state index in [-0.39, 0.29) is 0 Å². The number of hydrogen-bond acceptors (Lipinski definition) is 1. The molecule has 0 N–H and O–H groups in total. The van der Waals surface area contributed by atoms with Crippen LogP contribution in [0.25, 0.3) is 77.3 Å². The molecule has 9 rings (SSSR count). The Labute approximate surface area is 236 Å². The summed E-state index contributed by atoms with van der Waals surface area (Å²) in [6.07, 6.45) is 0. The topological polar surface area (TPSA) is 23.0 Å².